The number of hydrogen-bond acceptors (Lipinski definition) is 3. The monoisotopic (exact) mass is 428 g/mol. The van der Waals surface area contributed by atoms with Crippen LogP contribution in [0.1, 0.15) is 15.9 Å². The predicted molar refractivity (Wildman–Crippen MR) is 116 cm³/mol. The van der Waals surface area contributed by atoms with Crippen molar-refractivity contribution in [2.45, 2.75) is 5.75 Å². The van der Waals surface area contributed by atoms with Gasteiger partial charge in [0.05, 0.1) is 5.69 Å². The Kier molecular flexibility index (Phi) is 5.74. The number of carbonyl (C=O) groups is 2. The maximum Gasteiger partial charge on any atom is 0.259 e. The van der Waals surface area contributed by atoms with E-state index in [1.807, 2.05) is 30.3 Å². The van der Waals surface area contributed by atoms with Gasteiger partial charge in [-0.1, -0.05) is 41.9 Å². The lowest BCUT2D eigenvalue weighted by Crippen LogP contribution is -2.39. The maximum absolute atomic E-state index is 13.8. The van der Waals surface area contributed by atoms with Gasteiger partial charge >= 0.3 is 0 Å². The fraction of sp³-hybridized carbons (Fsp3) is 0.182. The lowest BCUT2D eigenvalue weighted by molar-refractivity contribution is -0.119. The van der Waals surface area contributed by atoms with Gasteiger partial charge in [0.1, 0.15) is 12.4 Å². The first-order valence-electron chi connectivity index (χ1n) is 9.17. The average molecular weight is 429 g/mol. The van der Waals surface area contributed by atoms with Crippen LogP contribution in [0.2, 0.25) is 5.02 Å². The van der Waals surface area contributed by atoms with Crippen molar-refractivity contribution in [2.24, 2.45) is 0 Å². The molecule has 0 unspecified atom stereocenters. The first kappa shape index (κ1) is 19.7. The van der Waals surface area contributed by atoms with Gasteiger partial charge in [-0.15, -0.1) is 0 Å². The molecule has 0 aromatic heterocycles. The number of nitrogens with one attached hydrogen (secondary N) is 1. The van der Waals surface area contributed by atoms with Crippen molar-refractivity contribution in [1.29, 1.82) is 0 Å². The molecule has 3 aromatic carbocycles. The molecule has 0 spiro atoms. The highest BCUT2D eigenvalue weighted by Crippen LogP contribution is 2.36. The number of hydrogen-bond donors (Lipinski definition) is 1. The van der Waals surface area contributed by atoms with Crippen molar-refractivity contribution in [1.82, 2.24) is 5.32 Å². The largest absolute Gasteiger partial charge is 0.354 e. The van der Waals surface area contributed by atoms with Crippen LogP contribution < -0.4 is 10.2 Å². The molecule has 2 amide bonds. The second-order valence-corrected chi connectivity index (χ2v) is 8.19. The Bertz CT molecular complexity index is 1080. The van der Waals surface area contributed by atoms with Gasteiger partial charge in [0.2, 0.25) is 5.91 Å². The molecule has 4 rings (SSSR count). The van der Waals surface area contributed by atoms with Crippen molar-refractivity contribution >= 4 is 51.6 Å². The van der Waals surface area contributed by atoms with E-state index in [1.165, 1.54) is 22.7 Å². The minimum Gasteiger partial charge on any atom is -0.354 e. The Morgan fingerprint density at radius 3 is 2.66 bits per heavy atom. The normalized spacial score (nSPS) is 12.6. The van der Waals surface area contributed by atoms with Crippen LogP contribution in [0.15, 0.2) is 54.6 Å². The molecule has 3 aromatic rings. The Morgan fingerprint density at radius 1 is 1.10 bits per heavy atom. The zero-order valence-electron chi connectivity index (χ0n) is 15.5. The molecule has 29 heavy (non-hydrogen) atoms. The molecule has 0 saturated carbocycles. The fourth-order valence-electron chi connectivity index (χ4n) is 3.44. The van der Waals surface area contributed by atoms with Crippen molar-refractivity contribution in [3.63, 3.8) is 0 Å². The van der Waals surface area contributed by atoms with Crippen LogP contribution in [0.4, 0.5) is 10.1 Å². The van der Waals surface area contributed by atoms with Crippen LogP contribution in [0.3, 0.4) is 0 Å². The molecule has 1 aliphatic rings. The van der Waals surface area contributed by atoms with Gasteiger partial charge in [-0.3, -0.25) is 14.5 Å². The molecule has 1 heterocycles. The number of carbonyl (C=O) groups excluding carboxylic acids is 2. The number of halogens is 2. The number of nitrogens with zero attached hydrogens (tertiary/aromatic N) is 1. The van der Waals surface area contributed by atoms with E-state index in [-0.39, 0.29) is 24.2 Å². The third kappa shape index (κ3) is 3.95. The Morgan fingerprint density at radius 2 is 1.86 bits per heavy atom. The SMILES string of the molecule is O=C(CN1C(=O)c2cccc3cccc1c23)NCCSCc1c(F)cccc1Cl. The molecule has 0 bridgehead atoms. The van der Waals surface area contributed by atoms with Crippen molar-refractivity contribution in [2.75, 3.05) is 23.7 Å². The summed E-state index contributed by atoms with van der Waals surface area (Å²) in [7, 11) is 0. The second kappa shape index (κ2) is 8.43. The number of anilines is 1. The Hall–Kier alpha value is -2.57. The topological polar surface area (TPSA) is 49.4 Å². The molecule has 7 heteroatoms. The third-order valence-corrected chi connectivity index (χ3v) is 6.17. The summed E-state index contributed by atoms with van der Waals surface area (Å²) in [4.78, 5) is 26.6. The summed E-state index contributed by atoms with van der Waals surface area (Å²) in [6.07, 6.45) is 0. The predicted octanol–water partition coefficient (Wildman–Crippen LogP) is 4.64. The number of amides is 2. The van der Waals surface area contributed by atoms with E-state index in [0.29, 0.717) is 34.2 Å². The van der Waals surface area contributed by atoms with Crippen molar-refractivity contribution in [3.8, 4) is 0 Å². The molecule has 4 nitrogen and oxygen atoms in total. The summed E-state index contributed by atoms with van der Waals surface area (Å²) in [5.41, 5.74) is 1.86. The zero-order chi connectivity index (χ0) is 20.4. The standard InChI is InChI=1S/C22H18ClFN2O2S/c23-17-7-3-8-18(24)16(17)13-29-11-10-25-20(27)12-26-19-9-2-5-14-4-1-6-15(21(14)19)22(26)28/h1-9H,10-13H2,(H,25,27). The maximum atomic E-state index is 13.8. The van der Waals surface area contributed by atoms with Gasteiger partial charge in [0.15, 0.2) is 0 Å². The summed E-state index contributed by atoms with van der Waals surface area (Å²) < 4.78 is 13.8. The minimum atomic E-state index is -0.324. The molecule has 0 aliphatic carbocycles. The summed E-state index contributed by atoms with van der Waals surface area (Å²) in [5, 5.41) is 5.11. The summed E-state index contributed by atoms with van der Waals surface area (Å²) in [6, 6.07) is 15.9. The van der Waals surface area contributed by atoms with E-state index in [1.54, 1.807) is 18.2 Å². The first-order chi connectivity index (χ1) is 14.1. The van der Waals surface area contributed by atoms with E-state index in [2.05, 4.69) is 5.32 Å². The van der Waals surface area contributed by atoms with Crippen LogP contribution in [-0.2, 0) is 10.5 Å². The highest BCUT2D eigenvalue weighted by molar-refractivity contribution is 7.98. The molecular weight excluding hydrogens is 411 g/mol. The van der Waals surface area contributed by atoms with E-state index in [0.717, 1.165) is 16.5 Å². The third-order valence-electron chi connectivity index (χ3n) is 4.83. The lowest BCUT2D eigenvalue weighted by Gasteiger charge is -2.17. The van der Waals surface area contributed by atoms with Gasteiger partial charge in [-0.05, 0) is 29.7 Å². The fourth-order valence-corrected chi connectivity index (χ4v) is 4.64. The lowest BCUT2D eigenvalue weighted by atomic mass is 10.1. The molecule has 0 fully saturated rings. The molecule has 0 radical (unpaired) electrons. The van der Waals surface area contributed by atoms with Crippen molar-refractivity contribution in [3.05, 3.63) is 76.6 Å². The number of rotatable bonds is 7. The molecule has 0 saturated heterocycles. The Labute approximate surface area is 177 Å². The van der Waals surface area contributed by atoms with Gasteiger partial charge in [-0.2, -0.15) is 11.8 Å². The number of benzene rings is 3. The van der Waals surface area contributed by atoms with Gasteiger partial charge < -0.3 is 5.32 Å². The van der Waals surface area contributed by atoms with Gasteiger partial charge in [-0.25, -0.2) is 4.39 Å². The van der Waals surface area contributed by atoms with Gasteiger partial charge in [0.25, 0.3) is 5.91 Å². The molecule has 1 N–H and O–H groups in total. The van der Waals surface area contributed by atoms with E-state index < -0.39 is 0 Å². The molecule has 148 valence electrons. The summed E-state index contributed by atoms with van der Waals surface area (Å²) in [5.74, 6) is 0.335. The minimum absolute atomic E-state index is 0.0313. The van der Waals surface area contributed by atoms with Crippen molar-refractivity contribution < 1.29 is 14.0 Å². The van der Waals surface area contributed by atoms with E-state index in [4.69, 9.17) is 11.6 Å². The van der Waals surface area contributed by atoms with Crippen LogP contribution >= 0.6 is 23.4 Å². The van der Waals surface area contributed by atoms with Crippen LogP contribution in [-0.4, -0.2) is 30.7 Å². The molecule has 0 atom stereocenters. The highest BCUT2D eigenvalue weighted by Gasteiger charge is 2.30. The van der Waals surface area contributed by atoms with E-state index >= 15 is 0 Å². The van der Waals surface area contributed by atoms with Crippen LogP contribution in [0, 0.1) is 5.82 Å². The first-order valence-corrected chi connectivity index (χ1v) is 10.7. The smallest absolute Gasteiger partial charge is 0.259 e. The Balaban J connectivity index is 1.30. The van der Waals surface area contributed by atoms with E-state index in [9.17, 15) is 14.0 Å². The quantitative estimate of drug-likeness (QED) is 0.557. The second-order valence-electron chi connectivity index (χ2n) is 6.67. The molecule has 1 aliphatic heterocycles. The summed E-state index contributed by atoms with van der Waals surface area (Å²) >= 11 is 7.50. The summed E-state index contributed by atoms with van der Waals surface area (Å²) in [6.45, 7) is 0.394. The van der Waals surface area contributed by atoms with Gasteiger partial charge in [0, 0.05) is 39.6 Å². The average Bonchev–Trinajstić information content (AvgIpc) is 2.98. The highest BCUT2D eigenvalue weighted by atomic mass is 35.5. The zero-order valence-corrected chi connectivity index (χ0v) is 17.0. The van der Waals surface area contributed by atoms with Crippen LogP contribution in [0.25, 0.3) is 10.8 Å². The molecular formula is C22H18ClFN2O2S. The number of thioether (sulfide) groups is 1. The van der Waals surface area contributed by atoms with Crippen LogP contribution in [0.5, 0.6) is 0 Å².